The van der Waals surface area contributed by atoms with Crippen molar-refractivity contribution in [2.75, 3.05) is 5.73 Å². The highest BCUT2D eigenvalue weighted by molar-refractivity contribution is 5.87. The van der Waals surface area contributed by atoms with E-state index in [1.165, 1.54) is 0 Å². The van der Waals surface area contributed by atoms with Gasteiger partial charge in [0.2, 0.25) is 0 Å². The molecule has 0 aliphatic heterocycles. The summed E-state index contributed by atoms with van der Waals surface area (Å²) in [6.45, 7) is 7.48. The van der Waals surface area contributed by atoms with Gasteiger partial charge >= 0.3 is 0 Å². The number of nitrogens with two attached hydrogens (primary N) is 2. The van der Waals surface area contributed by atoms with E-state index in [9.17, 15) is 4.79 Å². The monoisotopic (exact) mass is 235 g/mol. The van der Waals surface area contributed by atoms with Crippen LogP contribution in [0.2, 0.25) is 0 Å². The highest BCUT2D eigenvalue weighted by atomic mass is 16.1. The lowest BCUT2D eigenvalue weighted by Gasteiger charge is -2.37. The molecule has 1 rings (SSSR count). The van der Waals surface area contributed by atoms with Crippen LogP contribution in [0, 0.1) is 5.41 Å². The molecule has 0 aliphatic rings. The second-order valence-electron chi connectivity index (χ2n) is 5.54. The molecule has 0 fully saturated rings. The Morgan fingerprint density at radius 1 is 1.35 bits per heavy atom. The van der Waals surface area contributed by atoms with E-state index >= 15 is 0 Å². The van der Waals surface area contributed by atoms with E-state index in [2.05, 4.69) is 4.98 Å². The third-order valence-electron chi connectivity index (χ3n) is 3.52. The molecular weight excluding hydrogens is 214 g/mol. The number of carbonyl (C=O) groups is 1. The van der Waals surface area contributed by atoms with Crippen molar-refractivity contribution >= 4 is 11.6 Å². The number of nitrogen functional groups attached to an aromatic ring is 1. The van der Waals surface area contributed by atoms with Gasteiger partial charge in [-0.2, -0.15) is 0 Å². The molecule has 0 saturated carbocycles. The number of ketones is 1. The molecule has 4 heteroatoms. The number of hydrogen-bond donors (Lipinski definition) is 2. The Balaban J connectivity index is 2.87. The average molecular weight is 235 g/mol. The molecule has 0 unspecified atom stereocenters. The third-order valence-corrected chi connectivity index (χ3v) is 3.52. The number of nitrogens with zero attached hydrogens (tertiary/aromatic N) is 1. The van der Waals surface area contributed by atoms with Gasteiger partial charge in [0.05, 0.1) is 0 Å². The van der Waals surface area contributed by atoms with Gasteiger partial charge in [-0.15, -0.1) is 0 Å². The quantitative estimate of drug-likeness (QED) is 0.829. The van der Waals surface area contributed by atoms with Gasteiger partial charge in [0.25, 0.3) is 0 Å². The Morgan fingerprint density at radius 3 is 2.41 bits per heavy atom. The zero-order valence-electron chi connectivity index (χ0n) is 10.9. The van der Waals surface area contributed by atoms with Crippen LogP contribution in [0.25, 0.3) is 0 Å². The largest absolute Gasteiger partial charge is 0.384 e. The van der Waals surface area contributed by atoms with Crippen molar-refractivity contribution in [2.45, 2.75) is 39.7 Å². The molecule has 1 aromatic heterocycles. The Morgan fingerprint density at radius 2 is 1.94 bits per heavy atom. The fourth-order valence-electron chi connectivity index (χ4n) is 1.37. The van der Waals surface area contributed by atoms with Gasteiger partial charge in [-0.05, 0) is 31.5 Å². The van der Waals surface area contributed by atoms with Crippen LogP contribution in [0.5, 0.6) is 0 Å². The molecule has 0 saturated heterocycles. The maximum absolute atomic E-state index is 12.3. The SMILES string of the molecule is CC(C)(N)C(C)(C)C(=O)Cc1ccnc(N)c1. The Labute approximate surface area is 102 Å². The van der Waals surface area contributed by atoms with Crippen molar-refractivity contribution in [1.82, 2.24) is 4.98 Å². The summed E-state index contributed by atoms with van der Waals surface area (Å²) < 4.78 is 0. The lowest BCUT2D eigenvalue weighted by Crippen LogP contribution is -2.52. The maximum atomic E-state index is 12.3. The normalized spacial score (nSPS) is 12.5. The van der Waals surface area contributed by atoms with Crippen LogP contribution in [-0.4, -0.2) is 16.3 Å². The lowest BCUT2D eigenvalue weighted by atomic mass is 9.71. The van der Waals surface area contributed by atoms with Gasteiger partial charge in [-0.25, -0.2) is 4.98 Å². The molecule has 0 radical (unpaired) electrons. The van der Waals surface area contributed by atoms with E-state index in [4.69, 9.17) is 11.5 Å². The zero-order valence-corrected chi connectivity index (χ0v) is 10.9. The van der Waals surface area contributed by atoms with Gasteiger partial charge in [0, 0.05) is 23.6 Å². The van der Waals surface area contributed by atoms with Crippen molar-refractivity contribution in [2.24, 2.45) is 11.1 Å². The molecular formula is C13H21N3O. The summed E-state index contributed by atoms with van der Waals surface area (Å²) in [5.41, 5.74) is 11.4. The van der Waals surface area contributed by atoms with Crippen molar-refractivity contribution in [3.8, 4) is 0 Å². The topological polar surface area (TPSA) is 82.0 Å². The number of anilines is 1. The van der Waals surface area contributed by atoms with E-state index in [1.54, 1.807) is 18.3 Å². The van der Waals surface area contributed by atoms with Crippen LogP contribution < -0.4 is 11.5 Å². The molecule has 94 valence electrons. The molecule has 17 heavy (non-hydrogen) atoms. The molecule has 0 amide bonds. The fourth-order valence-corrected chi connectivity index (χ4v) is 1.37. The van der Waals surface area contributed by atoms with Crippen molar-refractivity contribution in [3.05, 3.63) is 23.9 Å². The first-order chi connectivity index (χ1) is 7.64. The van der Waals surface area contributed by atoms with Gasteiger partial charge in [-0.1, -0.05) is 13.8 Å². The van der Waals surface area contributed by atoms with Gasteiger partial charge in [0.1, 0.15) is 11.6 Å². The minimum absolute atomic E-state index is 0.107. The van der Waals surface area contributed by atoms with E-state index < -0.39 is 11.0 Å². The Hall–Kier alpha value is -1.42. The van der Waals surface area contributed by atoms with Crippen LogP contribution in [0.4, 0.5) is 5.82 Å². The number of hydrogen-bond acceptors (Lipinski definition) is 4. The molecule has 0 aliphatic carbocycles. The number of pyridine rings is 1. The van der Waals surface area contributed by atoms with Crippen LogP contribution >= 0.6 is 0 Å². The molecule has 0 aromatic carbocycles. The van der Waals surface area contributed by atoms with E-state index in [1.807, 2.05) is 27.7 Å². The summed E-state index contributed by atoms with van der Waals surface area (Å²) in [6, 6.07) is 3.52. The summed E-state index contributed by atoms with van der Waals surface area (Å²) in [5.74, 6) is 0.538. The zero-order chi connectivity index (χ0) is 13.3. The Kier molecular flexibility index (Phi) is 3.57. The van der Waals surface area contributed by atoms with E-state index in [-0.39, 0.29) is 5.78 Å². The second-order valence-corrected chi connectivity index (χ2v) is 5.54. The average Bonchev–Trinajstić information content (AvgIpc) is 2.15. The molecule has 4 nitrogen and oxygen atoms in total. The minimum Gasteiger partial charge on any atom is -0.384 e. The second kappa shape index (κ2) is 4.45. The molecule has 0 atom stereocenters. The first-order valence-corrected chi connectivity index (χ1v) is 5.67. The molecule has 0 spiro atoms. The van der Waals surface area contributed by atoms with Gasteiger partial charge < -0.3 is 11.5 Å². The molecule has 0 bridgehead atoms. The molecule has 1 heterocycles. The smallest absolute Gasteiger partial charge is 0.144 e. The fraction of sp³-hybridized carbons (Fsp3) is 0.538. The predicted molar refractivity (Wildman–Crippen MR) is 69.4 cm³/mol. The summed E-state index contributed by atoms with van der Waals surface area (Å²) in [4.78, 5) is 16.2. The van der Waals surface area contributed by atoms with Crippen molar-refractivity contribution in [1.29, 1.82) is 0 Å². The molecule has 1 aromatic rings. The number of rotatable bonds is 4. The van der Waals surface area contributed by atoms with Crippen molar-refractivity contribution in [3.63, 3.8) is 0 Å². The summed E-state index contributed by atoms with van der Waals surface area (Å²) in [5, 5.41) is 0. The first-order valence-electron chi connectivity index (χ1n) is 5.67. The summed E-state index contributed by atoms with van der Waals surface area (Å²) in [7, 11) is 0. The van der Waals surface area contributed by atoms with Gasteiger partial charge in [-0.3, -0.25) is 4.79 Å². The Bertz CT molecular complexity index is 419. The van der Waals surface area contributed by atoms with Gasteiger partial charge in [0.15, 0.2) is 0 Å². The minimum atomic E-state index is -0.578. The number of carbonyl (C=O) groups excluding carboxylic acids is 1. The van der Waals surface area contributed by atoms with Crippen LogP contribution in [-0.2, 0) is 11.2 Å². The maximum Gasteiger partial charge on any atom is 0.144 e. The van der Waals surface area contributed by atoms with Crippen LogP contribution in [0.15, 0.2) is 18.3 Å². The highest BCUT2D eigenvalue weighted by Gasteiger charge is 2.39. The standard InChI is InChI=1S/C13H21N3O/c1-12(2,13(3,4)15)10(17)7-9-5-6-16-11(14)8-9/h5-6,8H,7,15H2,1-4H3,(H2,14,16). The lowest BCUT2D eigenvalue weighted by molar-refractivity contribution is -0.129. The van der Waals surface area contributed by atoms with E-state index in [0.29, 0.717) is 12.2 Å². The van der Waals surface area contributed by atoms with Crippen molar-refractivity contribution < 1.29 is 4.79 Å². The van der Waals surface area contributed by atoms with Crippen LogP contribution in [0.1, 0.15) is 33.3 Å². The van der Waals surface area contributed by atoms with Crippen LogP contribution in [0.3, 0.4) is 0 Å². The van der Waals surface area contributed by atoms with E-state index in [0.717, 1.165) is 5.56 Å². The predicted octanol–water partition coefficient (Wildman–Crippen LogP) is 1.54. The molecule has 4 N–H and O–H groups in total. The summed E-state index contributed by atoms with van der Waals surface area (Å²) >= 11 is 0. The third kappa shape index (κ3) is 3.03. The summed E-state index contributed by atoms with van der Waals surface area (Å²) in [6.07, 6.45) is 1.94. The number of aromatic nitrogens is 1. The highest BCUT2D eigenvalue weighted by Crippen LogP contribution is 2.30. The number of Topliss-reactive ketones (excluding diaryl/α,β-unsaturated/α-hetero) is 1. The first kappa shape index (κ1) is 13.6.